The summed E-state index contributed by atoms with van der Waals surface area (Å²) < 4.78 is 11.2. The number of hydrogen-bond acceptors (Lipinski definition) is 6. The molecule has 0 radical (unpaired) electrons. The first-order valence-corrected chi connectivity index (χ1v) is 10.8. The lowest BCUT2D eigenvalue weighted by Crippen LogP contribution is -2.12. The highest BCUT2D eigenvalue weighted by atomic mass is 16.6. The van der Waals surface area contributed by atoms with Gasteiger partial charge in [0.05, 0.1) is 29.1 Å². The van der Waals surface area contributed by atoms with E-state index in [0.29, 0.717) is 18.9 Å². The van der Waals surface area contributed by atoms with Gasteiger partial charge >= 0.3 is 5.69 Å². The van der Waals surface area contributed by atoms with E-state index < -0.39 is 15.5 Å². The average molecular weight is 428 g/mol. The molecule has 31 heavy (non-hydrogen) atoms. The summed E-state index contributed by atoms with van der Waals surface area (Å²) >= 11 is 0. The van der Waals surface area contributed by atoms with Gasteiger partial charge in [0.25, 0.3) is 5.69 Å². The lowest BCUT2D eigenvalue weighted by molar-refractivity contribution is -0.394. The number of nitro benzene ring substituents is 2. The van der Waals surface area contributed by atoms with Crippen LogP contribution in [0.4, 0.5) is 11.4 Å². The van der Waals surface area contributed by atoms with Crippen LogP contribution in [-0.4, -0.2) is 23.1 Å². The molecule has 1 aliphatic rings. The second kappa shape index (κ2) is 10.7. The summed E-state index contributed by atoms with van der Waals surface area (Å²) in [4.78, 5) is 20.5. The number of benzene rings is 2. The molecule has 3 rings (SSSR count). The second-order valence-corrected chi connectivity index (χ2v) is 7.91. The predicted molar refractivity (Wildman–Crippen MR) is 117 cm³/mol. The third-order valence-corrected chi connectivity index (χ3v) is 5.94. The molecule has 1 fully saturated rings. The third kappa shape index (κ3) is 6.16. The van der Waals surface area contributed by atoms with E-state index in [2.05, 4.69) is 19.1 Å². The fourth-order valence-electron chi connectivity index (χ4n) is 4.06. The van der Waals surface area contributed by atoms with Crippen molar-refractivity contribution in [3.8, 4) is 11.5 Å². The Morgan fingerprint density at radius 1 is 0.903 bits per heavy atom. The van der Waals surface area contributed by atoms with Gasteiger partial charge in [-0.05, 0) is 61.3 Å². The van der Waals surface area contributed by atoms with Crippen LogP contribution in [0.15, 0.2) is 42.5 Å². The second-order valence-electron chi connectivity index (χ2n) is 7.91. The fourth-order valence-corrected chi connectivity index (χ4v) is 4.06. The van der Waals surface area contributed by atoms with E-state index in [1.165, 1.54) is 49.8 Å². The molecule has 0 spiro atoms. The molecule has 0 saturated heterocycles. The molecule has 8 heteroatoms. The van der Waals surface area contributed by atoms with Crippen LogP contribution in [-0.2, 0) is 0 Å². The van der Waals surface area contributed by atoms with Crippen molar-refractivity contribution in [3.05, 3.63) is 68.3 Å². The van der Waals surface area contributed by atoms with Crippen molar-refractivity contribution in [2.75, 3.05) is 13.2 Å². The molecular weight excluding hydrogens is 400 g/mol. The van der Waals surface area contributed by atoms with E-state index in [0.717, 1.165) is 17.7 Å². The molecule has 1 saturated carbocycles. The molecule has 1 aliphatic carbocycles. The van der Waals surface area contributed by atoms with Crippen molar-refractivity contribution < 1.29 is 19.3 Å². The number of non-ortho nitro benzene ring substituents is 1. The van der Waals surface area contributed by atoms with Crippen molar-refractivity contribution in [2.45, 2.75) is 51.4 Å². The lowest BCUT2D eigenvalue weighted by Gasteiger charge is -2.28. The number of hydrogen-bond donors (Lipinski definition) is 0. The zero-order chi connectivity index (χ0) is 22.2. The summed E-state index contributed by atoms with van der Waals surface area (Å²) in [6, 6.07) is 11.6. The molecule has 2 aromatic rings. The molecule has 0 aromatic heterocycles. The van der Waals surface area contributed by atoms with Gasteiger partial charge in [-0.3, -0.25) is 20.2 Å². The predicted octanol–water partition coefficient (Wildman–Crippen LogP) is 6.03. The fraction of sp³-hybridized carbons (Fsp3) is 0.478. The largest absolute Gasteiger partial charge is 0.493 e. The Kier molecular flexibility index (Phi) is 7.81. The van der Waals surface area contributed by atoms with Crippen LogP contribution in [0.5, 0.6) is 11.5 Å². The first kappa shape index (κ1) is 22.5. The van der Waals surface area contributed by atoms with Crippen molar-refractivity contribution in [1.82, 2.24) is 0 Å². The average Bonchev–Trinajstić information content (AvgIpc) is 2.79. The maximum Gasteiger partial charge on any atom is 0.317 e. The molecule has 0 N–H and O–H groups in total. The van der Waals surface area contributed by atoms with Gasteiger partial charge in [0.1, 0.15) is 5.75 Å². The van der Waals surface area contributed by atoms with Crippen LogP contribution in [0.25, 0.3) is 0 Å². The standard InChI is InChI=1S/C23H28N2O6/c1-2-17-4-6-18(7-5-17)19-8-11-21(12-9-19)30-14-3-15-31-23-13-10-20(24(26)27)16-22(23)25(28)29/h8-13,16-18H,2-7,14-15H2,1H3. The topological polar surface area (TPSA) is 105 Å². The van der Waals surface area contributed by atoms with Gasteiger partial charge < -0.3 is 9.47 Å². The molecule has 166 valence electrons. The Hall–Kier alpha value is -3.16. The molecule has 0 atom stereocenters. The zero-order valence-corrected chi connectivity index (χ0v) is 17.7. The maximum atomic E-state index is 11.1. The highest BCUT2D eigenvalue weighted by molar-refractivity contribution is 5.53. The highest BCUT2D eigenvalue weighted by Crippen LogP contribution is 2.37. The van der Waals surface area contributed by atoms with Crippen molar-refractivity contribution in [2.24, 2.45) is 5.92 Å². The minimum absolute atomic E-state index is 0.0118. The molecular formula is C23H28N2O6. The van der Waals surface area contributed by atoms with Gasteiger partial charge in [0, 0.05) is 12.5 Å². The third-order valence-electron chi connectivity index (χ3n) is 5.94. The first-order valence-electron chi connectivity index (χ1n) is 10.8. The lowest BCUT2D eigenvalue weighted by atomic mass is 9.78. The van der Waals surface area contributed by atoms with Crippen molar-refractivity contribution in [1.29, 1.82) is 0 Å². The van der Waals surface area contributed by atoms with Gasteiger partial charge in [0.2, 0.25) is 0 Å². The SMILES string of the molecule is CCC1CCC(c2ccc(OCCCOc3ccc([N+](=O)[O-])cc3[N+](=O)[O-])cc2)CC1. The van der Waals surface area contributed by atoms with E-state index in [1.807, 2.05) is 12.1 Å². The Morgan fingerprint density at radius 2 is 1.58 bits per heavy atom. The van der Waals surface area contributed by atoms with Crippen LogP contribution in [0.2, 0.25) is 0 Å². The van der Waals surface area contributed by atoms with E-state index in [1.54, 1.807) is 0 Å². The van der Waals surface area contributed by atoms with Crippen LogP contribution >= 0.6 is 0 Å². The Morgan fingerprint density at radius 3 is 2.19 bits per heavy atom. The normalized spacial score (nSPS) is 18.4. The van der Waals surface area contributed by atoms with E-state index in [9.17, 15) is 20.2 Å². The van der Waals surface area contributed by atoms with Crippen LogP contribution < -0.4 is 9.47 Å². The van der Waals surface area contributed by atoms with Gasteiger partial charge in [-0.2, -0.15) is 0 Å². The van der Waals surface area contributed by atoms with Gasteiger partial charge in [-0.1, -0.05) is 25.5 Å². The van der Waals surface area contributed by atoms with E-state index >= 15 is 0 Å². The molecule has 0 heterocycles. The molecule has 8 nitrogen and oxygen atoms in total. The Labute approximate surface area is 181 Å². The van der Waals surface area contributed by atoms with E-state index in [4.69, 9.17) is 9.47 Å². The van der Waals surface area contributed by atoms with Gasteiger partial charge in [0.15, 0.2) is 5.75 Å². The molecule has 0 bridgehead atoms. The summed E-state index contributed by atoms with van der Waals surface area (Å²) in [6.45, 7) is 2.88. The van der Waals surface area contributed by atoms with Crippen LogP contribution in [0.3, 0.4) is 0 Å². The van der Waals surface area contributed by atoms with Crippen molar-refractivity contribution in [3.63, 3.8) is 0 Å². The Bertz CT molecular complexity index is 891. The van der Waals surface area contributed by atoms with E-state index in [-0.39, 0.29) is 18.0 Å². The van der Waals surface area contributed by atoms with Gasteiger partial charge in [-0.15, -0.1) is 0 Å². The summed E-state index contributed by atoms with van der Waals surface area (Å²) in [5, 5.41) is 21.9. The highest BCUT2D eigenvalue weighted by Gasteiger charge is 2.22. The minimum Gasteiger partial charge on any atom is -0.493 e. The summed E-state index contributed by atoms with van der Waals surface area (Å²) in [5.41, 5.74) is 0.610. The maximum absolute atomic E-state index is 11.1. The summed E-state index contributed by atoms with van der Waals surface area (Å²) in [7, 11) is 0. The van der Waals surface area contributed by atoms with Crippen LogP contribution in [0.1, 0.15) is 56.9 Å². The quantitative estimate of drug-likeness (QED) is 0.260. The van der Waals surface area contributed by atoms with Crippen LogP contribution in [0, 0.1) is 26.1 Å². The van der Waals surface area contributed by atoms with Gasteiger partial charge in [-0.25, -0.2) is 0 Å². The summed E-state index contributed by atoms with van der Waals surface area (Å²) in [5.74, 6) is 2.32. The monoisotopic (exact) mass is 428 g/mol. The Balaban J connectivity index is 1.43. The minimum atomic E-state index is -0.685. The first-order chi connectivity index (χ1) is 15.0. The molecule has 0 amide bonds. The molecule has 2 aromatic carbocycles. The number of nitro groups is 2. The smallest absolute Gasteiger partial charge is 0.317 e. The number of rotatable bonds is 10. The molecule has 0 unspecified atom stereocenters. The zero-order valence-electron chi connectivity index (χ0n) is 17.7. The molecule has 0 aliphatic heterocycles. The number of nitrogens with zero attached hydrogens (tertiary/aromatic N) is 2. The summed E-state index contributed by atoms with van der Waals surface area (Å²) in [6.07, 6.45) is 6.94. The number of ether oxygens (including phenoxy) is 2. The van der Waals surface area contributed by atoms with Crippen molar-refractivity contribution >= 4 is 11.4 Å².